The lowest BCUT2D eigenvalue weighted by Gasteiger charge is -2.32. The number of ether oxygens (including phenoxy) is 2. The summed E-state index contributed by atoms with van der Waals surface area (Å²) >= 11 is 0. The van der Waals surface area contributed by atoms with Crippen LogP contribution in [0.15, 0.2) is 30.6 Å². The Morgan fingerprint density at radius 2 is 2.36 bits per heavy atom. The molecule has 0 spiro atoms. The van der Waals surface area contributed by atoms with Crippen molar-refractivity contribution in [2.45, 2.75) is 26.0 Å². The van der Waals surface area contributed by atoms with Crippen molar-refractivity contribution >= 4 is 0 Å². The van der Waals surface area contributed by atoms with E-state index >= 15 is 0 Å². The number of aromatic nitrogens is 3. The first-order valence-electron chi connectivity index (χ1n) is 8.64. The van der Waals surface area contributed by atoms with Gasteiger partial charge in [-0.3, -0.25) is 4.90 Å². The van der Waals surface area contributed by atoms with Crippen LogP contribution in [0.1, 0.15) is 30.8 Å². The lowest BCUT2D eigenvalue weighted by molar-refractivity contribution is -0.0369. The maximum Gasteiger partial charge on any atom is 0.163 e. The van der Waals surface area contributed by atoms with Crippen LogP contribution in [-0.2, 0) is 11.3 Å². The lowest BCUT2D eigenvalue weighted by Crippen LogP contribution is -2.40. The molecule has 1 fully saturated rings. The number of hydrogen-bond donors (Lipinski definition) is 0. The van der Waals surface area contributed by atoms with Crippen molar-refractivity contribution < 1.29 is 9.47 Å². The summed E-state index contributed by atoms with van der Waals surface area (Å²) in [5.74, 6) is 1.65. The lowest BCUT2D eigenvalue weighted by atomic mass is 10.2. The second kappa shape index (κ2) is 8.60. The van der Waals surface area contributed by atoms with Gasteiger partial charge in [-0.25, -0.2) is 0 Å². The topological polar surface area (TPSA) is 76.2 Å². The second-order valence-corrected chi connectivity index (χ2v) is 5.98. The van der Waals surface area contributed by atoms with Gasteiger partial charge in [-0.1, -0.05) is 6.07 Å². The zero-order valence-corrected chi connectivity index (χ0v) is 14.5. The number of morpholine rings is 1. The molecule has 7 heteroatoms. The van der Waals surface area contributed by atoms with E-state index in [-0.39, 0.29) is 6.10 Å². The average molecular weight is 341 g/mol. The van der Waals surface area contributed by atoms with Gasteiger partial charge in [-0.05, 0) is 31.5 Å². The Morgan fingerprint density at radius 1 is 1.44 bits per heavy atom. The highest BCUT2D eigenvalue weighted by molar-refractivity contribution is 5.36. The summed E-state index contributed by atoms with van der Waals surface area (Å²) in [5, 5.41) is 17.1. The predicted octanol–water partition coefficient (Wildman–Crippen LogP) is 2.01. The van der Waals surface area contributed by atoms with E-state index in [2.05, 4.69) is 28.1 Å². The molecule has 1 saturated heterocycles. The summed E-state index contributed by atoms with van der Waals surface area (Å²) in [6.07, 6.45) is 2.65. The maximum atomic E-state index is 8.91. The smallest absolute Gasteiger partial charge is 0.163 e. The van der Waals surface area contributed by atoms with Crippen molar-refractivity contribution in [3.8, 4) is 11.8 Å². The third-order valence-electron chi connectivity index (χ3n) is 4.28. The van der Waals surface area contributed by atoms with Crippen molar-refractivity contribution in [2.75, 3.05) is 32.8 Å². The molecule has 7 nitrogen and oxygen atoms in total. The molecular weight excluding hydrogens is 318 g/mol. The molecule has 0 aliphatic carbocycles. The minimum absolute atomic E-state index is 0.0237. The van der Waals surface area contributed by atoms with Gasteiger partial charge in [0.1, 0.15) is 18.2 Å². The number of rotatable bonds is 7. The molecule has 3 rings (SSSR count). The highest BCUT2D eigenvalue weighted by atomic mass is 16.5. The fraction of sp³-hybridized carbons (Fsp3) is 0.500. The van der Waals surface area contributed by atoms with E-state index < -0.39 is 0 Å². The first-order valence-corrected chi connectivity index (χ1v) is 8.64. The monoisotopic (exact) mass is 341 g/mol. The second-order valence-electron chi connectivity index (χ2n) is 5.98. The molecule has 1 aliphatic heterocycles. The van der Waals surface area contributed by atoms with E-state index in [1.165, 1.54) is 0 Å². The summed E-state index contributed by atoms with van der Waals surface area (Å²) < 4.78 is 13.6. The van der Waals surface area contributed by atoms with Crippen LogP contribution < -0.4 is 4.74 Å². The molecule has 1 atom stereocenters. The average Bonchev–Trinajstić information content (AvgIpc) is 3.14. The Kier molecular flexibility index (Phi) is 5.99. The van der Waals surface area contributed by atoms with Crippen molar-refractivity contribution in [2.24, 2.45) is 0 Å². The van der Waals surface area contributed by atoms with Crippen LogP contribution in [0.3, 0.4) is 0 Å². The van der Waals surface area contributed by atoms with Gasteiger partial charge in [-0.15, -0.1) is 10.2 Å². The molecule has 25 heavy (non-hydrogen) atoms. The third-order valence-corrected chi connectivity index (χ3v) is 4.28. The molecule has 2 heterocycles. The Labute approximate surface area is 147 Å². The largest absolute Gasteiger partial charge is 0.494 e. The van der Waals surface area contributed by atoms with Crippen LogP contribution in [0, 0.1) is 11.3 Å². The van der Waals surface area contributed by atoms with Gasteiger partial charge in [0, 0.05) is 26.2 Å². The van der Waals surface area contributed by atoms with Crippen LogP contribution >= 0.6 is 0 Å². The van der Waals surface area contributed by atoms with Crippen molar-refractivity contribution in [1.29, 1.82) is 5.26 Å². The van der Waals surface area contributed by atoms with Crippen molar-refractivity contribution in [3.05, 3.63) is 42.0 Å². The van der Waals surface area contributed by atoms with Crippen LogP contribution in [0.4, 0.5) is 0 Å². The summed E-state index contributed by atoms with van der Waals surface area (Å²) in [6, 6.07) is 9.38. The molecule has 0 radical (unpaired) electrons. The zero-order valence-electron chi connectivity index (χ0n) is 14.5. The van der Waals surface area contributed by atoms with Crippen molar-refractivity contribution in [1.82, 2.24) is 19.7 Å². The minimum Gasteiger partial charge on any atom is -0.494 e. The maximum absolute atomic E-state index is 8.91. The summed E-state index contributed by atoms with van der Waals surface area (Å²) in [7, 11) is 0. The fourth-order valence-corrected chi connectivity index (χ4v) is 2.95. The van der Waals surface area contributed by atoms with Gasteiger partial charge in [-0.2, -0.15) is 5.26 Å². The molecule has 0 N–H and O–H groups in total. The molecule has 1 aliphatic rings. The summed E-state index contributed by atoms with van der Waals surface area (Å²) in [5.41, 5.74) is 0.619. The summed E-state index contributed by atoms with van der Waals surface area (Å²) in [6.45, 7) is 6.93. The van der Waals surface area contributed by atoms with E-state index in [4.69, 9.17) is 14.7 Å². The van der Waals surface area contributed by atoms with Gasteiger partial charge >= 0.3 is 0 Å². The first kappa shape index (κ1) is 17.4. The molecule has 132 valence electrons. The molecule has 0 bridgehead atoms. The highest BCUT2D eigenvalue weighted by Gasteiger charge is 2.25. The minimum atomic E-state index is -0.0237. The van der Waals surface area contributed by atoms with Crippen LogP contribution in [0.2, 0.25) is 0 Å². The molecule has 0 unspecified atom stereocenters. The van der Waals surface area contributed by atoms with E-state index in [0.29, 0.717) is 18.8 Å². The Balaban J connectivity index is 1.44. The van der Waals surface area contributed by atoms with E-state index in [1.54, 1.807) is 18.5 Å². The molecular formula is C18H23N5O2. The van der Waals surface area contributed by atoms with Gasteiger partial charge < -0.3 is 14.0 Å². The quantitative estimate of drug-likeness (QED) is 0.717. The van der Waals surface area contributed by atoms with Crippen LogP contribution in [-0.4, -0.2) is 52.5 Å². The molecule has 0 saturated carbocycles. The number of nitrogens with zero attached hydrogens (tertiary/aromatic N) is 5. The third kappa shape index (κ3) is 4.56. The van der Waals surface area contributed by atoms with Gasteiger partial charge in [0.25, 0.3) is 0 Å². The SMILES string of the molecule is CCn1cnnc1[C@H]1CN(CCCOc2cccc(C#N)c2)CCO1. The normalized spacial score (nSPS) is 18.0. The highest BCUT2D eigenvalue weighted by Crippen LogP contribution is 2.20. The predicted molar refractivity (Wildman–Crippen MR) is 92.1 cm³/mol. The van der Waals surface area contributed by atoms with Gasteiger partial charge in [0.15, 0.2) is 5.82 Å². The zero-order chi connectivity index (χ0) is 17.5. The number of nitriles is 1. The van der Waals surface area contributed by atoms with Crippen LogP contribution in [0.25, 0.3) is 0 Å². The number of aryl methyl sites for hydroxylation is 1. The van der Waals surface area contributed by atoms with Crippen molar-refractivity contribution in [3.63, 3.8) is 0 Å². The summed E-state index contributed by atoms with van der Waals surface area (Å²) in [4.78, 5) is 2.37. The molecule has 1 aromatic heterocycles. The van der Waals surface area contributed by atoms with Gasteiger partial charge in [0.2, 0.25) is 0 Å². The first-order chi connectivity index (χ1) is 12.3. The number of hydrogen-bond acceptors (Lipinski definition) is 6. The Bertz CT molecular complexity index is 724. The molecule has 0 amide bonds. The van der Waals surface area contributed by atoms with E-state index in [9.17, 15) is 0 Å². The molecule has 1 aromatic carbocycles. The van der Waals surface area contributed by atoms with Crippen LogP contribution in [0.5, 0.6) is 5.75 Å². The number of benzene rings is 1. The van der Waals surface area contributed by atoms with Gasteiger partial charge in [0.05, 0.1) is 24.8 Å². The fourth-order valence-electron chi connectivity index (χ4n) is 2.95. The Morgan fingerprint density at radius 3 is 3.20 bits per heavy atom. The van der Waals surface area contributed by atoms with E-state index in [0.717, 1.165) is 44.2 Å². The molecule has 2 aromatic rings. The Hall–Kier alpha value is -2.43. The standard InChI is InChI=1S/C18H23N5O2/c1-2-23-14-20-21-18(23)17-13-22(8-10-25-17)7-4-9-24-16-6-3-5-15(11-16)12-19/h3,5-6,11,14,17H,2,4,7-10,13H2,1H3/t17-/m1/s1. The van der Waals surface area contributed by atoms with E-state index in [1.807, 2.05) is 16.7 Å².